The number of fused-ring (bicyclic) bond motifs is 1. The summed E-state index contributed by atoms with van der Waals surface area (Å²) in [6.07, 6.45) is 3.25. The molecule has 1 unspecified atom stereocenters. The summed E-state index contributed by atoms with van der Waals surface area (Å²) in [7, 11) is 0. The van der Waals surface area contributed by atoms with Crippen molar-refractivity contribution in [2.75, 3.05) is 5.32 Å². The van der Waals surface area contributed by atoms with Crippen LogP contribution in [0.15, 0.2) is 131 Å². The first-order valence-corrected chi connectivity index (χ1v) is 14.4. The van der Waals surface area contributed by atoms with Crippen molar-refractivity contribution in [2.45, 2.75) is 20.0 Å². The van der Waals surface area contributed by atoms with Gasteiger partial charge in [-0.2, -0.15) is 5.10 Å². The normalized spacial score (nSPS) is 11.9. The van der Waals surface area contributed by atoms with Gasteiger partial charge in [0.15, 0.2) is 0 Å². The highest BCUT2D eigenvalue weighted by Crippen LogP contribution is 2.27. The SMILES string of the molecule is Cc1ccc(C)c(NC(=O)C(OC(=O)C=Cc2cn(-c3ccccc3)nc2-c2cc3ccccc3oc2=O)c2ccccc2)c1. The van der Waals surface area contributed by atoms with Gasteiger partial charge >= 0.3 is 11.6 Å². The highest BCUT2D eigenvalue weighted by atomic mass is 16.5. The fourth-order valence-corrected chi connectivity index (χ4v) is 4.94. The quantitative estimate of drug-likeness (QED) is 0.113. The van der Waals surface area contributed by atoms with E-state index >= 15 is 0 Å². The number of anilines is 1. The van der Waals surface area contributed by atoms with Gasteiger partial charge in [-0.15, -0.1) is 0 Å². The lowest BCUT2D eigenvalue weighted by molar-refractivity contribution is -0.149. The van der Waals surface area contributed by atoms with E-state index in [4.69, 9.17) is 9.15 Å². The third-order valence-electron chi connectivity index (χ3n) is 7.28. The third kappa shape index (κ3) is 6.50. The van der Waals surface area contributed by atoms with Crippen LogP contribution >= 0.6 is 0 Å². The summed E-state index contributed by atoms with van der Waals surface area (Å²) in [6.45, 7) is 3.83. The Kier molecular flexibility index (Phi) is 8.20. The second kappa shape index (κ2) is 12.7. The fourth-order valence-electron chi connectivity index (χ4n) is 4.94. The number of nitrogens with one attached hydrogen (secondary N) is 1. The molecule has 6 rings (SSSR count). The van der Waals surface area contributed by atoms with Crippen molar-refractivity contribution in [3.05, 3.63) is 154 Å². The fraction of sp³-hybridized carbons (Fsp3) is 0.0811. The zero-order valence-electron chi connectivity index (χ0n) is 24.6. The summed E-state index contributed by atoms with van der Waals surface area (Å²) in [5, 5.41) is 8.32. The van der Waals surface area contributed by atoms with Gasteiger partial charge in [-0.3, -0.25) is 4.79 Å². The number of hydrogen-bond donors (Lipinski definition) is 1. The average Bonchev–Trinajstić information content (AvgIpc) is 3.49. The van der Waals surface area contributed by atoms with E-state index in [2.05, 4.69) is 10.4 Å². The van der Waals surface area contributed by atoms with E-state index in [0.717, 1.165) is 22.2 Å². The van der Waals surface area contributed by atoms with Crippen LogP contribution in [-0.2, 0) is 14.3 Å². The van der Waals surface area contributed by atoms with Gasteiger partial charge < -0.3 is 14.5 Å². The maximum atomic E-state index is 13.5. The monoisotopic (exact) mass is 595 g/mol. The number of amides is 1. The molecule has 0 saturated heterocycles. The lowest BCUT2D eigenvalue weighted by atomic mass is 10.1. The van der Waals surface area contributed by atoms with Gasteiger partial charge in [-0.05, 0) is 61.4 Å². The van der Waals surface area contributed by atoms with E-state index in [1.165, 1.54) is 12.2 Å². The van der Waals surface area contributed by atoms with Gasteiger partial charge in [0.1, 0.15) is 11.3 Å². The molecule has 2 aromatic heterocycles. The van der Waals surface area contributed by atoms with Gasteiger partial charge in [-0.1, -0.05) is 78.9 Å². The Morgan fingerprint density at radius 2 is 1.60 bits per heavy atom. The van der Waals surface area contributed by atoms with E-state index < -0.39 is 23.6 Å². The predicted molar refractivity (Wildman–Crippen MR) is 174 cm³/mol. The van der Waals surface area contributed by atoms with Crippen LogP contribution in [-0.4, -0.2) is 21.7 Å². The number of ether oxygens (including phenoxy) is 1. The largest absolute Gasteiger partial charge is 0.444 e. The van der Waals surface area contributed by atoms with Crippen molar-refractivity contribution in [3.63, 3.8) is 0 Å². The predicted octanol–water partition coefficient (Wildman–Crippen LogP) is 7.20. The molecule has 0 saturated carbocycles. The minimum absolute atomic E-state index is 0.242. The summed E-state index contributed by atoms with van der Waals surface area (Å²) in [6, 6.07) is 32.9. The van der Waals surface area contributed by atoms with Crippen LogP contribution in [0.3, 0.4) is 0 Å². The Labute approximate surface area is 259 Å². The number of aryl methyl sites for hydroxylation is 2. The Morgan fingerprint density at radius 3 is 2.38 bits per heavy atom. The second-order valence-electron chi connectivity index (χ2n) is 10.6. The molecule has 0 aliphatic rings. The van der Waals surface area contributed by atoms with E-state index in [1.54, 1.807) is 53.3 Å². The van der Waals surface area contributed by atoms with Crippen molar-refractivity contribution < 1.29 is 18.7 Å². The summed E-state index contributed by atoms with van der Waals surface area (Å²) in [5.74, 6) is -1.23. The molecule has 0 aliphatic carbocycles. The summed E-state index contributed by atoms with van der Waals surface area (Å²) >= 11 is 0. The first-order chi connectivity index (χ1) is 21.9. The molecule has 0 spiro atoms. The summed E-state index contributed by atoms with van der Waals surface area (Å²) in [5.41, 5.74) is 4.74. The van der Waals surface area contributed by atoms with Crippen molar-refractivity contribution in [1.29, 1.82) is 0 Å². The Bertz CT molecular complexity index is 2100. The first kappa shape index (κ1) is 29.1. The van der Waals surface area contributed by atoms with Gasteiger partial charge in [0.05, 0.1) is 11.3 Å². The molecule has 2 heterocycles. The molecule has 1 N–H and O–H groups in total. The smallest absolute Gasteiger partial charge is 0.345 e. The van der Waals surface area contributed by atoms with Crippen molar-refractivity contribution in [2.24, 2.45) is 0 Å². The Morgan fingerprint density at radius 1 is 0.889 bits per heavy atom. The standard InChI is InChI=1S/C37H29N3O5/c1-24-17-18-25(2)31(21-24)38-36(42)35(26-11-5-3-6-12-26)45-33(41)20-19-28-23-40(29-14-7-4-8-15-29)39-34(28)30-22-27-13-9-10-16-32(27)44-37(30)43/h3-23,35H,1-2H3,(H,38,42). The molecular formula is C37H29N3O5. The number of benzene rings is 4. The van der Waals surface area contributed by atoms with Crippen LogP contribution in [0.1, 0.15) is 28.4 Å². The number of para-hydroxylation sites is 2. The van der Waals surface area contributed by atoms with E-state index in [-0.39, 0.29) is 5.56 Å². The van der Waals surface area contributed by atoms with Crippen LogP contribution in [0.4, 0.5) is 5.69 Å². The molecule has 0 radical (unpaired) electrons. The molecule has 6 aromatic rings. The molecule has 0 aliphatic heterocycles. The highest BCUT2D eigenvalue weighted by molar-refractivity contribution is 5.98. The van der Waals surface area contributed by atoms with Gasteiger partial charge in [0.25, 0.3) is 5.91 Å². The maximum absolute atomic E-state index is 13.5. The molecule has 8 nitrogen and oxygen atoms in total. The molecule has 8 heteroatoms. The second-order valence-corrected chi connectivity index (χ2v) is 10.6. The zero-order chi connectivity index (χ0) is 31.3. The highest BCUT2D eigenvalue weighted by Gasteiger charge is 2.25. The number of aromatic nitrogens is 2. The number of hydrogen-bond acceptors (Lipinski definition) is 6. The molecule has 1 amide bonds. The van der Waals surface area contributed by atoms with Crippen molar-refractivity contribution in [1.82, 2.24) is 9.78 Å². The lowest BCUT2D eigenvalue weighted by Gasteiger charge is -2.18. The average molecular weight is 596 g/mol. The molecular weight excluding hydrogens is 566 g/mol. The Hall–Kier alpha value is -6.02. The van der Waals surface area contributed by atoms with Crippen LogP contribution in [0, 0.1) is 13.8 Å². The molecule has 45 heavy (non-hydrogen) atoms. The lowest BCUT2D eigenvalue weighted by Crippen LogP contribution is -2.25. The molecule has 222 valence electrons. The number of rotatable bonds is 8. The zero-order valence-corrected chi connectivity index (χ0v) is 24.6. The van der Waals surface area contributed by atoms with Crippen LogP contribution in [0.2, 0.25) is 0 Å². The van der Waals surface area contributed by atoms with Crippen molar-refractivity contribution >= 4 is 34.6 Å². The third-order valence-corrected chi connectivity index (χ3v) is 7.28. The molecule has 0 bridgehead atoms. The maximum Gasteiger partial charge on any atom is 0.345 e. The Balaban J connectivity index is 1.33. The van der Waals surface area contributed by atoms with E-state index in [0.29, 0.717) is 28.1 Å². The number of esters is 1. The molecule has 0 fully saturated rings. The first-order valence-electron chi connectivity index (χ1n) is 14.4. The van der Waals surface area contributed by atoms with E-state index in [1.807, 2.05) is 80.6 Å². The van der Waals surface area contributed by atoms with Gasteiger partial charge in [0, 0.05) is 34.5 Å². The van der Waals surface area contributed by atoms with Crippen LogP contribution < -0.4 is 10.9 Å². The minimum Gasteiger partial charge on any atom is -0.444 e. The van der Waals surface area contributed by atoms with Crippen LogP contribution in [0.25, 0.3) is 34.0 Å². The van der Waals surface area contributed by atoms with Crippen molar-refractivity contribution in [3.8, 4) is 16.9 Å². The molecule has 1 atom stereocenters. The number of carbonyl (C=O) groups is 2. The number of nitrogens with zero attached hydrogens (tertiary/aromatic N) is 2. The molecule has 4 aromatic carbocycles. The van der Waals surface area contributed by atoms with Crippen LogP contribution in [0.5, 0.6) is 0 Å². The van der Waals surface area contributed by atoms with E-state index in [9.17, 15) is 14.4 Å². The minimum atomic E-state index is -1.21. The summed E-state index contributed by atoms with van der Waals surface area (Å²) < 4.78 is 12.9. The van der Waals surface area contributed by atoms with Gasteiger partial charge in [0.2, 0.25) is 6.10 Å². The summed E-state index contributed by atoms with van der Waals surface area (Å²) in [4.78, 5) is 39.8. The van der Waals surface area contributed by atoms with Gasteiger partial charge in [-0.25, -0.2) is 14.3 Å². The number of carbonyl (C=O) groups excluding carboxylic acids is 2. The topological polar surface area (TPSA) is 103 Å².